The van der Waals surface area contributed by atoms with Gasteiger partial charge in [0.05, 0.1) is 19.0 Å². The molecule has 4 nitrogen and oxygen atoms in total. The van der Waals surface area contributed by atoms with Crippen molar-refractivity contribution in [1.29, 1.82) is 0 Å². The summed E-state index contributed by atoms with van der Waals surface area (Å²) in [5.74, 6) is 1.31. The van der Waals surface area contributed by atoms with Crippen molar-refractivity contribution in [2.24, 2.45) is 0 Å². The van der Waals surface area contributed by atoms with Crippen LogP contribution in [0.15, 0.2) is 54.7 Å². The predicted octanol–water partition coefficient (Wildman–Crippen LogP) is 3.48. The van der Waals surface area contributed by atoms with E-state index in [-0.39, 0.29) is 0 Å². The van der Waals surface area contributed by atoms with E-state index in [1.165, 1.54) is 0 Å². The minimum Gasteiger partial charge on any atom is -0.497 e. The number of nitrogens with one attached hydrogen (secondary N) is 1. The maximum Gasteiger partial charge on any atom is 0.140 e. The average molecular weight is 294 g/mol. The molecule has 3 rings (SSSR count). The molecule has 1 atom stereocenters. The van der Waals surface area contributed by atoms with Crippen molar-refractivity contribution in [2.45, 2.75) is 13.0 Å². The van der Waals surface area contributed by atoms with Crippen LogP contribution in [0.2, 0.25) is 0 Å². The molecule has 4 heteroatoms. The Bertz CT molecular complexity index is 763. The molecular weight excluding hydrogens is 276 g/mol. The number of aromatic amines is 1. The first-order chi connectivity index (χ1) is 10.7. The lowest BCUT2D eigenvalue weighted by Crippen LogP contribution is -2.01. The highest BCUT2D eigenvalue weighted by Crippen LogP contribution is 2.25. The van der Waals surface area contributed by atoms with Gasteiger partial charge in [-0.25, -0.2) is 4.98 Å². The first-order valence-corrected chi connectivity index (χ1v) is 7.11. The third-order valence-electron chi connectivity index (χ3n) is 3.63. The lowest BCUT2D eigenvalue weighted by molar-refractivity contribution is 0.211. The molecule has 2 aromatic carbocycles. The molecule has 112 valence electrons. The largest absolute Gasteiger partial charge is 0.497 e. The second-order valence-electron chi connectivity index (χ2n) is 5.23. The molecular formula is C18H18N2O2. The fourth-order valence-corrected chi connectivity index (χ4v) is 2.32. The molecule has 1 heterocycles. The molecule has 1 aromatic heterocycles. The van der Waals surface area contributed by atoms with Gasteiger partial charge in [0.15, 0.2) is 0 Å². The zero-order valence-corrected chi connectivity index (χ0v) is 12.6. The van der Waals surface area contributed by atoms with Gasteiger partial charge in [-0.15, -0.1) is 0 Å². The fraction of sp³-hybridized carbons (Fsp3) is 0.167. The van der Waals surface area contributed by atoms with Crippen LogP contribution < -0.4 is 4.74 Å². The van der Waals surface area contributed by atoms with Gasteiger partial charge in [0.25, 0.3) is 0 Å². The van der Waals surface area contributed by atoms with E-state index in [2.05, 4.69) is 9.97 Å². The second-order valence-corrected chi connectivity index (χ2v) is 5.23. The van der Waals surface area contributed by atoms with Gasteiger partial charge in [0, 0.05) is 5.56 Å². The van der Waals surface area contributed by atoms with Crippen LogP contribution in [-0.2, 0) is 0 Å². The van der Waals surface area contributed by atoms with Crippen molar-refractivity contribution in [3.8, 4) is 17.0 Å². The standard InChI is InChI=1S/C18H18N2O2/c1-12-6-8-13(9-7-12)17(21)18-19-11-16(20-18)14-4-3-5-15(10-14)22-2/h3-11,17,21H,1-2H3,(H,19,20). The summed E-state index contributed by atoms with van der Waals surface area (Å²) < 4.78 is 5.23. The smallest absolute Gasteiger partial charge is 0.140 e. The van der Waals surface area contributed by atoms with Crippen molar-refractivity contribution in [2.75, 3.05) is 7.11 Å². The van der Waals surface area contributed by atoms with Crippen LogP contribution in [0.4, 0.5) is 0 Å². The number of imidazole rings is 1. The van der Waals surface area contributed by atoms with Gasteiger partial charge in [-0.1, -0.05) is 42.0 Å². The Hall–Kier alpha value is -2.59. The number of hydrogen-bond donors (Lipinski definition) is 2. The molecule has 0 aliphatic carbocycles. The Morgan fingerprint density at radius 1 is 1.14 bits per heavy atom. The zero-order valence-electron chi connectivity index (χ0n) is 12.6. The molecule has 0 amide bonds. The maximum atomic E-state index is 10.4. The van der Waals surface area contributed by atoms with Gasteiger partial charge in [0.2, 0.25) is 0 Å². The third kappa shape index (κ3) is 2.87. The molecule has 0 fully saturated rings. The minimum absolute atomic E-state index is 0.529. The van der Waals surface area contributed by atoms with E-state index in [0.29, 0.717) is 5.82 Å². The molecule has 0 spiro atoms. The molecule has 0 saturated carbocycles. The number of rotatable bonds is 4. The monoisotopic (exact) mass is 294 g/mol. The highest BCUT2D eigenvalue weighted by molar-refractivity contribution is 5.60. The van der Waals surface area contributed by atoms with E-state index in [4.69, 9.17) is 4.74 Å². The van der Waals surface area contributed by atoms with Crippen LogP contribution in [0.25, 0.3) is 11.3 Å². The highest BCUT2D eigenvalue weighted by atomic mass is 16.5. The lowest BCUT2D eigenvalue weighted by Gasteiger charge is -2.08. The van der Waals surface area contributed by atoms with Gasteiger partial charge in [-0.05, 0) is 24.6 Å². The SMILES string of the molecule is COc1cccc(-c2cnc(C(O)c3ccc(C)cc3)[nH]2)c1. The van der Waals surface area contributed by atoms with E-state index in [1.54, 1.807) is 13.3 Å². The second kappa shape index (κ2) is 6.03. The maximum absolute atomic E-state index is 10.4. The number of hydrogen-bond acceptors (Lipinski definition) is 3. The third-order valence-corrected chi connectivity index (χ3v) is 3.63. The number of nitrogens with zero attached hydrogens (tertiary/aromatic N) is 1. The van der Waals surface area contributed by atoms with Gasteiger partial charge >= 0.3 is 0 Å². The normalized spacial score (nSPS) is 12.1. The molecule has 0 aliphatic heterocycles. The predicted molar refractivity (Wildman–Crippen MR) is 85.8 cm³/mol. The summed E-state index contributed by atoms with van der Waals surface area (Å²) >= 11 is 0. The molecule has 0 radical (unpaired) electrons. The van der Waals surface area contributed by atoms with Gasteiger partial charge in [0.1, 0.15) is 17.7 Å². The quantitative estimate of drug-likeness (QED) is 0.774. The number of H-pyrrole nitrogens is 1. The van der Waals surface area contributed by atoms with Crippen molar-refractivity contribution in [3.05, 3.63) is 71.7 Å². The first kappa shape index (κ1) is 14.4. The van der Waals surface area contributed by atoms with Crippen molar-refractivity contribution < 1.29 is 9.84 Å². The molecule has 22 heavy (non-hydrogen) atoms. The van der Waals surface area contributed by atoms with Crippen LogP contribution in [0.5, 0.6) is 5.75 Å². The Kier molecular flexibility index (Phi) is 3.94. The molecule has 3 aromatic rings. The molecule has 0 bridgehead atoms. The van der Waals surface area contributed by atoms with Crippen LogP contribution in [0.3, 0.4) is 0 Å². The minimum atomic E-state index is -0.764. The van der Waals surface area contributed by atoms with Gasteiger partial charge < -0.3 is 14.8 Å². The van der Waals surface area contributed by atoms with E-state index in [9.17, 15) is 5.11 Å². The molecule has 2 N–H and O–H groups in total. The first-order valence-electron chi connectivity index (χ1n) is 7.11. The van der Waals surface area contributed by atoms with Crippen LogP contribution >= 0.6 is 0 Å². The summed E-state index contributed by atoms with van der Waals surface area (Å²) in [5.41, 5.74) is 3.79. The Morgan fingerprint density at radius 3 is 2.64 bits per heavy atom. The van der Waals surface area contributed by atoms with E-state index in [0.717, 1.165) is 28.1 Å². The number of ether oxygens (including phenoxy) is 1. The summed E-state index contributed by atoms with van der Waals surface area (Å²) in [6.07, 6.45) is 0.960. The summed E-state index contributed by atoms with van der Waals surface area (Å²) in [6, 6.07) is 15.5. The van der Waals surface area contributed by atoms with Crippen LogP contribution in [0, 0.1) is 6.92 Å². The van der Waals surface area contributed by atoms with Crippen molar-refractivity contribution >= 4 is 0 Å². The molecule has 0 saturated heterocycles. The average Bonchev–Trinajstić information content (AvgIpc) is 3.05. The topological polar surface area (TPSA) is 58.1 Å². The lowest BCUT2D eigenvalue weighted by atomic mass is 10.1. The van der Waals surface area contributed by atoms with Gasteiger partial charge in [-0.2, -0.15) is 0 Å². The highest BCUT2D eigenvalue weighted by Gasteiger charge is 2.14. The number of benzene rings is 2. The van der Waals surface area contributed by atoms with Gasteiger partial charge in [-0.3, -0.25) is 0 Å². The number of aryl methyl sites for hydroxylation is 1. The van der Waals surface area contributed by atoms with E-state index in [1.807, 2.05) is 55.5 Å². The van der Waals surface area contributed by atoms with Crippen LogP contribution in [-0.4, -0.2) is 22.2 Å². The summed E-state index contributed by atoms with van der Waals surface area (Å²) in [7, 11) is 1.64. The van der Waals surface area contributed by atoms with E-state index < -0.39 is 6.10 Å². The summed E-state index contributed by atoms with van der Waals surface area (Å²) in [5, 5.41) is 10.4. The summed E-state index contributed by atoms with van der Waals surface area (Å²) in [6.45, 7) is 2.02. The number of aliphatic hydroxyl groups excluding tert-OH is 1. The number of aromatic nitrogens is 2. The molecule has 1 unspecified atom stereocenters. The Morgan fingerprint density at radius 2 is 1.91 bits per heavy atom. The zero-order chi connectivity index (χ0) is 15.5. The Balaban J connectivity index is 1.88. The Labute approximate surface area is 129 Å². The molecule has 0 aliphatic rings. The fourth-order valence-electron chi connectivity index (χ4n) is 2.32. The van der Waals surface area contributed by atoms with Crippen molar-refractivity contribution in [3.63, 3.8) is 0 Å². The van der Waals surface area contributed by atoms with E-state index >= 15 is 0 Å². The number of methoxy groups -OCH3 is 1. The number of aliphatic hydroxyl groups is 1. The van der Waals surface area contributed by atoms with Crippen LogP contribution in [0.1, 0.15) is 23.1 Å². The summed E-state index contributed by atoms with van der Waals surface area (Å²) in [4.78, 5) is 7.48. The van der Waals surface area contributed by atoms with Crippen molar-refractivity contribution in [1.82, 2.24) is 9.97 Å².